The number of carbonyl (C=O) groups excluding carboxylic acids is 2. The van der Waals surface area contributed by atoms with Crippen molar-refractivity contribution in [1.29, 1.82) is 0 Å². The summed E-state index contributed by atoms with van der Waals surface area (Å²) in [6, 6.07) is 16.1. The number of aromatic amines is 1. The molecule has 0 saturated carbocycles. The van der Waals surface area contributed by atoms with Crippen molar-refractivity contribution in [3.8, 4) is 5.75 Å². The number of nitrogens with one attached hydrogen (secondary N) is 3. The lowest BCUT2D eigenvalue weighted by Gasteiger charge is -2.40. The van der Waals surface area contributed by atoms with Gasteiger partial charge in [-0.15, -0.1) is 0 Å². The van der Waals surface area contributed by atoms with Crippen LogP contribution in [0.2, 0.25) is 0 Å². The molecule has 2 aromatic carbocycles. The molecule has 1 aromatic heterocycles. The number of aromatic nitrogens is 1. The normalized spacial score (nSPS) is 17.0. The predicted molar refractivity (Wildman–Crippen MR) is 125 cm³/mol. The minimum atomic E-state index is -0.707. The number of fused-ring (bicyclic) bond motifs is 1. The Labute approximate surface area is 188 Å². The summed E-state index contributed by atoms with van der Waals surface area (Å²) in [7, 11) is 1.65. The molecule has 0 aliphatic carbocycles. The van der Waals surface area contributed by atoms with Gasteiger partial charge >= 0.3 is 0 Å². The van der Waals surface area contributed by atoms with Gasteiger partial charge in [-0.25, -0.2) is 0 Å². The Kier molecular flexibility index (Phi) is 6.19. The molecule has 1 atom stereocenters. The summed E-state index contributed by atoms with van der Waals surface area (Å²) in [5.41, 5.74) is 2.58. The lowest BCUT2D eigenvalue weighted by Crippen LogP contribution is -2.63. The van der Waals surface area contributed by atoms with Gasteiger partial charge in [0.1, 0.15) is 5.75 Å². The third-order valence-electron chi connectivity index (χ3n) is 6.37. The molecular weight excluding hydrogens is 404 g/mol. The molecule has 0 radical (unpaired) electrons. The van der Waals surface area contributed by atoms with Gasteiger partial charge in [-0.2, -0.15) is 0 Å². The SMILES string of the molecule is COc1ccc(C(CNC(=O)CN2CCNC(=O)C2(C)C)c2c[nH]c3ccccc23)cc1. The minimum Gasteiger partial charge on any atom is -0.497 e. The van der Waals surface area contributed by atoms with E-state index in [4.69, 9.17) is 4.74 Å². The monoisotopic (exact) mass is 434 g/mol. The van der Waals surface area contributed by atoms with E-state index < -0.39 is 5.54 Å². The van der Waals surface area contributed by atoms with Gasteiger partial charge in [0.05, 0.1) is 19.2 Å². The van der Waals surface area contributed by atoms with Gasteiger partial charge < -0.3 is 20.4 Å². The number of carbonyl (C=O) groups is 2. The zero-order valence-corrected chi connectivity index (χ0v) is 18.8. The number of para-hydroxylation sites is 1. The van der Waals surface area contributed by atoms with Crippen molar-refractivity contribution in [2.24, 2.45) is 0 Å². The molecule has 0 spiro atoms. The maximum Gasteiger partial charge on any atom is 0.240 e. The van der Waals surface area contributed by atoms with Gasteiger partial charge in [0.25, 0.3) is 0 Å². The molecule has 1 unspecified atom stereocenters. The molecule has 0 bridgehead atoms. The molecule has 7 nitrogen and oxygen atoms in total. The molecule has 3 N–H and O–H groups in total. The van der Waals surface area contributed by atoms with Crippen molar-refractivity contribution < 1.29 is 14.3 Å². The molecular formula is C25H30N4O3. The summed E-state index contributed by atoms with van der Waals surface area (Å²) in [5, 5.41) is 7.11. The molecule has 168 valence electrons. The Morgan fingerprint density at radius 2 is 1.94 bits per heavy atom. The number of H-pyrrole nitrogens is 1. The van der Waals surface area contributed by atoms with Crippen LogP contribution in [0.3, 0.4) is 0 Å². The Bertz CT molecular complexity index is 1100. The Morgan fingerprint density at radius 3 is 2.69 bits per heavy atom. The number of benzene rings is 2. The number of hydrogen-bond acceptors (Lipinski definition) is 4. The Hall–Kier alpha value is -3.32. The first kappa shape index (κ1) is 21.9. The second kappa shape index (κ2) is 9.04. The van der Waals surface area contributed by atoms with Crippen molar-refractivity contribution in [2.45, 2.75) is 25.3 Å². The summed E-state index contributed by atoms with van der Waals surface area (Å²) in [4.78, 5) is 30.3. The molecule has 1 saturated heterocycles. The van der Waals surface area contributed by atoms with Crippen LogP contribution < -0.4 is 15.4 Å². The quantitative estimate of drug-likeness (QED) is 0.534. The summed E-state index contributed by atoms with van der Waals surface area (Å²) in [6.45, 7) is 5.54. The summed E-state index contributed by atoms with van der Waals surface area (Å²) in [5.74, 6) is 0.623. The first-order valence-electron chi connectivity index (χ1n) is 10.9. The maximum atomic E-state index is 12.9. The second-order valence-corrected chi connectivity index (χ2v) is 8.66. The standard InChI is InChI=1S/C25H30N4O3/c1-25(2)24(31)26-12-13-29(25)16-23(30)28-14-20(17-8-10-18(32-3)11-9-17)21-15-27-22-7-5-4-6-19(21)22/h4-11,15,20,27H,12-14,16H2,1-3H3,(H,26,31)(H,28,30). The number of rotatable bonds is 7. The van der Waals surface area contributed by atoms with Crippen molar-refractivity contribution in [2.75, 3.05) is 33.3 Å². The van der Waals surface area contributed by atoms with E-state index in [1.807, 2.05) is 67.4 Å². The molecule has 3 aromatic rings. The molecule has 1 fully saturated rings. The summed E-state index contributed by atoms with van der Waals surface area (Å²) >= 11 is 0. The van der Waals surface area contributed by atoms with Gasteiger partial charge in [0.2, 0.25) is 11.8 Å². The molecule has 1 aliphatic rings. The number of methoxy groups -OCH3 is 1. The molecule has 2 amide bonds. The van der Waals surface area contributed by atoms with Crippen LogP contribution in [0.15, 0.2) is 54.7 Å². The highest BCUT2D eigenvalue weighted by molar-refractivity contribution is 5.88. The van der Waals surface area contributed by atoms with E-state index in [-0.39, 0.29) is 24.3 Å². The largest absolute Gasteiger partial charge is 0.497 e. The fraction of sp³-hybridized carbons (Fsp3) is 0.360. The van der Waals surface area contributed by atoms with Crippen molar-refractivity contribution in [3.63, 3.8) is 0 Å². The zero-order chi connectivity index (χ0) is 22.7. The van der Waals surface area contributed by atoms with E-state index in [9.17, 15) is 9.59 Å². The van der Waals surface area contributed by atoms with E-state index in [0.29, 0.717) is 19.6 Å². The third-order valence-corrected chi connectivity index (χ3v) is 6.37. The molecule has 2 heterocycles. The van der Waals surface area contributed by atoms with Gasteiger partial charge in [-0.05, 0) is 43.2 Å². The number of hydrogen-bond donors (Lipinski definition) is 3. The summed E-state index contributed by atoms with van der Waals surface area (Å²) < 4.78 is 5.31. The number of ether oxygens (including phenoxy) is 1. The lowest BCUT2D eigenvalue weighted by atomic mass is 9.90. The third kappa shape index (κ3) is 4.34. The second-order valence-electron chi connectivity index (χ2n) is 8.66. The zero-order valence-electron chi connectivity index (χ0n) is 18.8. The van der Waals surface area contributed by atoms with Crippen LogP contribution in [-0.2, 0) is 9.59 Å². The van der Waals surface area contributed by atoms with Crippen LogP contribution in [0.25, 0.3) is 10.9 Å². The van der Waals surface area contributed by atoms with Crippen molar-refractivity contribution in [1.82, 2.24) is 20.5 Å². The molecule has 32 heavy (non-hydrogen) atoms. The van der Waals surface area contributed by atoms with Crippen LogP contribution in [-0.4, -0.2) is 60.5 Å². The minimum absolute atomic E-state index is 0.0290. The molecule has 7 heteroatoms. The van der Waals surface area contributed by atoms with Crippen LogP contribution in [0, 0.1) is 0 Å². The van der Waals surface area contributed by atoms with Crippen LogP contribution in [0.1, 0.15) is 30.9 Å². The summed E-state index contributed by atoms with van der Waals surface area (Å²) in [6.07, 6.45) is 2.02. The van der Waals surface area contributed by atoms with E-state index >= 15 is 0 Å². The van der Waals surface area contributed by atoms with Crippen molar-refractivity contribution >= 4 is 22.7 Å². The predicted octanol–water partition coefficient (Wildman–Crippen LogP) is 2.64. The topological polar surface area (TPSA) is 86.5 Å². The smallest absolute Gasteiger partial charge is 0.240 e. The van der Waals surface area contributed by atoms with E-state index in [2.05, 4.69) is 21.7 Å². The van der Waals surface area contributed by atoms with Crippen molar-refractivity contribution in [3.05, 3.63) is 65.9 Å². The van der Waals surface area contributed by atoms with Gasteiger partial charge in [0, 0.05) is 42.7 Å². The number of amides is 2. The fourth-order valence-corrected chi connectivity index (χ4v) is 4.29. The molecule has 4 rings (SSSR count). The van der Waals surface area contributed by atoms with Crippen LogP contribution in [0.5, 0.6) is 5.75 Å². The van der Waals surface area contributed by atoms with Gasteiger partial charge in [0.15, 0.2) is 0 Å². The van der Waals surface area contributed by atoms with Gasteiger partial charge in [-0.1, -0.05) is 30.3 Å². The fourth-order valence-electron chi connectivity index (χ4n) is 4.29. The lowest BCUT2D eigenvalue weighted by molar-refractivity contribution is -0.137. The van der Waals surface area contributed by atoms with Gasteiger partial charge in [-0.3, -0.25) is 14.5 Å². The average molecular weight is 435 g/mol. The Morgan fingerprint density at radius 1 is 1.19 bits per heavy atom. The number of nitrogens with zero attached hydrogens (tertiary/aromatic N) is 1. The Balaban J connectivity index is 1.54. The number of piperazine rings is 1. The average Bonchev–Trinajstić information content (AvgIpc) is 3.22. The molecule has 1 aliphatic heterocycles. The highest BCUT2D eigenvalue weighted by atomic mass is 16.5. The van der Waals surface area contributed by atoms with E-state index in [1.165, 1.54) is 0 Å². The highest BCUT2D eigenvalue weighted by Crippen LogP contribution is 2.31. The van der Waals surface area contributed by atoms with E-state index in [0.717, 1.165) is 27.8 Å². The highest BCUT2D eigenvalue weighted by Gasteiger charge is 2.38. The first-order chi connectivity index (χ1) is 15.4. The van der Waals surface area contributed by atoms with Crippen LogP contribution >= 0.6 is 0 Å². The van der Waals surface area contributed by atoms with E-state index in [1.54, 1.807) is 7.11 Å². The first-order valence-corrected chi connectivity index (χ1v) is 10.9. The maximum absolute atomic E-state index is 12.9. The van der Waals surface area contributed by atoms with Crippen LogP contribution in [0.4, 0.5) is 0 Å².